The van der Waals surface area contributed by atoms with E-state index in [4.69, 9.17) is 5.73 Å². The molecule has 0 spiro atoms. The van der Waals surface area contributed by atoms with Crippen molar-refractivity contribution in [1.29, 1.82) is 0 Å². The Kier molecular flexibility index (Phi) is 3.78. The zero-order chi connectivity index (χ0) is 12.1. The number of benzene rings is 1. The summed E-state index contributed by atoms with van der Waals surface area (Å²) in [6.07, 6.45) is 0. The normalized spacial score (nSPS) is 9.50. The van der Waals surface area contributed by atoms with E-state index in [-0.39, 0.29) is 0 Å². The smallest absolute Gasteiger partial charge is 0.387 e. The van der Waals surface area contributed by atoms with Crippen molar-refractivity contribution >= 4 is 5.91 Å². The predicted octanol–water partition coefficient (Wildman–Crippen LogP) is 1.26. The van der Waals surface area contributed by atoms with E-state index in [1.165, 1.54) is 6.07 Å². The van der Waals surface area contributed by atoms with Gasteiger partial charge in [0.05, 0.1) is 0 Å². The largest absolute Gasteiger partial charge is 0.433 e. The Morgan fingerprint density at radius 1 is 1.44 bits per heavy atom. The van der Waals surface area contributed by atoms with Gasteiger partial charge in [0.25, 0.3) is 5.91 Å². The molecule has 1 aromatic carbocycles. The van der Waals surface area contributed by atoms with Gasteiger partial charge in [-0.2, -0.15) is 8.78 Å². The minimum atomic E-state index is -3.10. The Bertz CT molecular complexity index is 463. The highest BCUT2D eigenvalue weighted by Crippen LogP contribution is 2.22. The molecule has 0 bridgehead atoms. The van der Waals surface area contributed by atoms with Gasteiger partial charge in [-0.3, -0.25) is 4.79 Å². The number of carbonyl (C=O) groups is 1. The van der Waals surface area contributed by atoms with E-state index in [1.807, 2.05) is 11.8 Å². The monoisotopic (exact) mass is 229 g/mol. The van der Waals surface area contributed by atoms with Crippen LogP contribution in [0.3, 0.4) is 0 Å². The van der Waals surface area contributed by atoms with Crippen molar-refractivity contribution in [3.05, 3.63) is 29.6 Å². The summed E-state index contributed by atoms with van der Waals surface area (Å²) in [5.41, 5.74) is 4.29. The Labute approximate surface area is 89.0 Å². The van der Waals surface area contributed by atoms with Crippen molar-refractivity contribution in [2.45, 2.75) is 6.61 Å². The van der Waals surface area contributed by atoms with Crippen LogP contribution in [0, 0.1) is 17.7 Å². The molecule has 0 aliphatic carbocycles. The summed E-state index contributed by atoms with van der Waals surface area (Å²) in [7, 11) is 0. The van der Waals surface area contributed by atoms with Gasteiger partial charge >= 0.3 is 6.61 Å². The van der Waals surface area contributed by atoms with Gasteiger partial charge in [-0.25, -0.2) is 4.39 Å². The fraction of sp³-hybridized carbons (Fsp3) is 0.100. The maximum absolute atomic E-state index is 13.2. The molecule has 0 aliphatic heterocycles. The molecule has 3 nitrogen and oxygen atoms in total. The summed E-state index contributed by atoms with van der Waals surface area (Å²) >= 11 is 0. The molecule has 0 aromatic heterocycles. The molecule has 2 N–H and O–H groups in total. The first-order chi connectivity index (χ1) is 7.50. The van der Waals surface area contributed by atoms with Crippen molar-refractivity contribution in [2.24, 2.45) is 5.73 Å². The van der Waals surface area contributed by atoms with E-state index in [0.717, 1.165) is 12.1 Å². The predicted molar refractivity (Wildman–Crippen MR) is 49.1 cm³/mol. The Balaban J connectivity index is 3.15. The van der Waals surface area contributed by atoms with Crippen molar-refractivity contribution in [2.75, 3.05) is 0 Å². The van der Waals surface area contributed by atoms with Gasteiger partial charge in [-0.05, 0) is 18.1 Å². The highest BCUT2D eigenvalue weighted by Gasteiger charge is 2.11. The molecular formula is C10H6F3NO2. The van der Waals surface area contributed by atoms with Crippen LogP contribution in [0.25, 0.3) is 0 Å². The molecular weight excluding hydrogens is 223 g/mol. The number of halogens is 3. The minimum absolute atomic E-state index is 0.429. The summed E-state index contributed by atoms with van der Waals surface area (Å²) in [4.78, 5) is 10.4. The summed E-state index contributed by atoms with van der Waals surface area (Å²) in [5.74, 6) is 1.56. The molecule has 0 saturated carbocycles. The van der Waals surface area contributed by atoms with Gasteiger partial charge in [-0.1, -0.05) is 6.07 Å². The van der Waals surface area contributed by atoms with Crippen LogP contribution in [0.5, 0.6) is 5.75 Å². The number of ether oxygens (including phenoxy) is 1. The third kappa shape index (κ3) is 3.20. The average Bonchev–Trinajstić information content (AvgIpc) is 2.15. The number of amides is 1. The summed E-state index contributed by atoms with van der Waals surface area (Å²) in [6.45, 7) is -3.10. The van der Waals surface area contributed by atoms with E-state index in [0.29, 0.717) is 0 Å². The fourth-order valence-corrected chi connectivity index (χ4v) is 0.944. The molecule has 0 saturated heterocycles. The molecule has 0 atom stereocenters. The van der Waals surface area contributed by atoms with Crippen molar-refractivity contribution < 1.29 is 22.7 Å². The first-order valence-electron chi connectivity index (χ1n) is 4.05. The van der Waals surface area contributed by atoms with Gasteiger partial charge < -0.3 is 10.5 Å². The van der Waals surface area contributed by atoms with Crippen molar-refractivity contribution in [1.82, 2.24) is 0 Å². The van der Waals surface area contributed by atoms with Crippen LogP contribution < -0.4 is 10.5 Å². The molecule has 0 heterocycles. The van der Waals surface area contributed by atoms with E-state index >= 15 is 0 Å². The average molecular weight is 229 g/mol. The lowest BCUT2D eigenvalue weighted by Gasteiger charge is -2.06. The number of nitrogens with two attached hydrogens (primary N) is 1. The number of hydrogen-bond acceptors (Lipinski definition) is 2. The first-order valence-corrected chi connectivity index (χ1v) is 4.05. The molecule has 6 heteroatoms. The SMILES string of the molecule is NC(=O)C#Cc1c(F)cccc1OC(F)F. The molecule has 16 heavy (non-hydrogen) atoms. The molecule has 1 aromatic rings. The maximum Gasteiger partial charge on any atom is 0.387 e. The van der Waals surface area contributed by atoms with Crippen molar-refractivity contribution in [3.63, 3.8) is 0 Å². The second-order valence-electron chi connectivity index (χ2n) is 2.61. The van der Waals surface area contributed by atoms with Crippen LogP contribution in [-0.2, 0) is 4.79 Å². The highest BCUT2D eigenvalue weighted by atomic mass is 19.3. The minimum Gasteiger partial charge on any atom is -0.433 e. The Morgan fingerprint density at radius 3 is 2.69 bits per heavy atom. The molecule has 0 fully saturated rings. The summed E-state index contributed by atoms with van der Waals surface area (Å²) < 4.78 is 41.1. The fourth-order valence-electron chi connectivity index (χ4n) is 0.944. The lowest BCUT2D eigenvalue weighted by Crippen LogP contribution is -2.07. The second kappa shape index (κ2) is 5.07. The topological polar surface area (TPSA) is 52.3 Å². The van der Waals surface area contributed by atoms with Gasteiger partial charge in [0, 0.05) is 5.92 Å². The van der Waals surface area contributed by atoms with Crippen LogP contribution in [-0.4, -0.2) is 12.5 Å². The van der Waals surface area contributed by atoms with Crippen LogP contribution in [0.1, 0.15) is 5.56 Å². The number of rotatable bonds is 2. The van der Waals surface area contributed by atoms with Crippen LogP contribution in [0.2, 0.25) is 0 Å². The third-order valence-corrected chi connectivity index (χ3v) is 1.50. The molecule has 0 aliphatic rings. The molecule has 0 radical (unpaired) electrons. The lowest BCUT2D eigenvalue weighted by molar-refractivity contribution is -0.112. The second-order valence-corrected chi connectivity index (χ2v) is 2.61. The van der Waals surface area contributed by atoms with Gasteiger partial charge in [0.2, 0.25) is 0 Å². The number of hydrogen-bond donors (Lipinski definition) is 1. The Hall–Kier alpha value is -2.16. The van der Waals surface area contributed by atoms with E-state index in [2.05, 4.69) is 4.74 Å². The quantitative estimate of drug-likeness (QED) is 0.776. The molecule has 1 amide bonds. The van der Waals surface area contributed by atoms with Crippen LogP contribution in [0.15, 0.2) is 18.2 Å². The van der Waals surface area contributed by atoms with Gasteiger partial charge in [0.15, 0.2) is 0 Å². The van der Waals surface area contributed by atoms with Gasteiger partial charge in [0.1, 0.15) is 17.1 Å². The molecule has 0 unspecified atom stereocenters. The van der Waals surface area contributed by atoms with Crippen molar-refractivity contribution in [3.8, 4) is 17.6 Å². The standard InChI is InChI=1S/C10H6F3NO2/c11-7-2-1-3-8(16-10(12)13)6(7)4-5-9(14)15/h1-3,10H,(H2,14,15). The zero-order valence-corrected chi connectivity index (χ0v) is 7.84. The zero-order valence-electron chi connectivity index (χ0n) is 7.84. The van der Waals surface area contributed by atoms with Crippen LogP contribution in [0.4, 0.5) is 13.2 Å². The lowest BCUT2D eigenvalue weighted by atomic mass is 10.2. The highest BCUT2D eigenvalue weighted by molar-refractivity contribution is 5.92. The summed E-state index contributed by atoms with van der Waals surface area (Å²) in [5, 5.41) is 0. The van der Waals surface area contributed by atoms with E-state index in [9.17, 15) is 18.0 Å². The molecule has 84 valence electrons. The maximum atomic E-state index is 13.2. The van der Waals surface area contributed by atoms with Gasteiger partial charge in [-0.15, -0.1) is 0 Å². The van der Waals surface area contributed by atoms with Crippen LogP contribution >= 0.6 is 0 Å². The van der Waals surface area contributed by atoms with E-state index < -0.39 is 29.6 Å². The first kappa shape index (κ1) is 11.9. The number of alkyl halides is 2. The number of primary amides is 1. The van der Waals surface area contributed by atoms with E-state index in [1.54, 1.807) is 0 Å². The molecule has 1 rings (SSSR count). The summed E-state index contributed by atoms with van der Waals surface area (Å²) in [6, 6.07) is 3.30. The number of carbonyl (C=O) groups excluding carboxylic acids is 1. The third-order valence-electron chi connectivity index (χ3n) is 1.50. The Morgan fingerprint density at radius 2 is 2.12 bits per heavy atom.